The van der Waals surface area contributed by atoms with Gasteiger partial charge in [0.15, 0.2) is 0 Å². The summed E-state index contributed by atoms with van der Waals surface area (Å²) in [6, 6.07) is 0. The Morgan fingerprint density at radius 2 is 1.68 bits per heavy atom. The van der Waals surface area contributed by atoms with Crippen LogP contribution in [0.25, 0.3) is 0 Å². The molecule has 0 saturated heterocycles. The highest BCUT2D eigenvalue weighted by molar-refractivity contribution is 5.72. The summed E-state index contributed by atoms with van der Waals surface area (Å²) >= 11 is 0. The first-order chi connectivity index (χ1) is 8.82. The highest BCUT2D eigenvalue weighted by atomic mass is 16.1. The molecule has 2 N–H and O–H groups in total. The highest BCUT2D eigenvalue weighted by Crippen LogP contribution is 2.66. The van der Waals surface area contributed by atoms with Crippen molar-refractivity contribution in [3.05, 3.63) is 0 Å². The van der Waals surface area contributed by atoms with Crippen LogP contribution in [0.1, 0.15) is 59.3 Å². The van der Waals surface area contributed by atoms with Gasteiger partial charge in [-0.2, -0.15) is 0 Å². The second kappa shape index (κ2) is 4.21. The average Bonchev–Trinajstić information content (AvgIpc) is 2.18. The molecule has 0 spiro atoms. The molecule has 19 heavy (non-hydrogen) atoms. The molecule has 0 heterocycles. The van der Waals surface area contributed by atoms with Gasteiger partial charge in [-0.25, -0.2) is 0 Å². The number of carbonyl (C=O) groups is 1. The van der Waals surface area contributed by atoms with E-state index in [-0.39, 0.29) is 5.91 Å². The van der Waals surface area contributed by atoms with Crippen LogP contribution in [0.4, 0.5) is 0 Å². The van der Waals surface area contributed by atoms with Gasteiger partial charge in [0.1, 0.15) is 0 Å². The largest absolute Gasteiger partial charge is 0.355 e. The Hall–Kier alpha value is -0.570. The van der Waals surface area contributed by atoms with Crippen molar-refractivity contribution in [1.82, 2.24) is 10.6 Å². The van der Waals surface area contributed by atoms with Gasteiger partial charge in [0.2, 0.25) is 5.91 Å². The van der Waals surface area contributed by atoms with Crippen LogP contribution in [0.15, 0.2) is 0 Å². The van der Waals surface area contributed by atoms with Crippen LogP contribution < -0.4 is 10.6 Å². The van der Waals surface area contributed by atoms with Crippen LogP contribution in [0, 0.1) is 16.7 Å². The fourth-order valence-electron chi connectivity index (χ4n) is 6.21. The average molecular weight is 264 g/mol. The fraction of sp³-hybridized carbons (Fsp3) is 0.938. The second-order valence-corrected chi connectivity index (χ2v) is 8.32. The van der Waals surface area contributed by atoms with Crippen molar-refractivity contribution in [3.63, 3.8) is 0 Å². The maximum atomic E-state index is 10.9. The Labute approximate surface area is 116 Å². The summed E-state index contributed by atoms with van der Waals surface area (Å²) in [7, 11) is 0. The zero-order chi connectivity index (χ0) is 13.7. The number of nitrogens with one attached hydrogen (secondary N) is 2. The molecule has 4 aliphatic carbocycles. The third-order valence-electron chi connectivity index (χ3n) is 5.63. The molecule has 108 valence electrons. The van der Waals surface area contributed by atoms with E-state index in [9.17, 15) is 4.79 Å². The first kappa shape index (κ1) is 13.4. The quantitative estimate of drug-likeness (QED) is 0.766. The number of hydrogen-bond donors (Lipinski definition) is 2. The molecule has 0 radical (unpaired) electrons. The Kier molecular flexibility index (Phi) is 2.97. The third-order valence-corrected chi connectivity index (χ3v) is 5.63. The van der Waals surface area contributed by atoms with E-state index >= 15 is 0 Å². The number of hydrogen-bond acceptors (Lipinski definition) is 2. The minimum Gasteiger partial charge on any atom is -0.355 e. The Morgan fingerprint density at radius 3 is 2.21 bits per heavy atom. The molecule has 0 aromatic heterocycles. The molecule has 3 heteroatoms. The SMILES string of the molecule is CC(=O)NCCNC12CC3CC(C)(CC(C)(C3)C1)C2. The van der Waals surface area contributed by atoms with Crippen LogP contribution >= 0.6 is 0 Å². The number of carbonyl (C=O) groups excluding carboxylic acids is 1. The molecule has 4 rings (SSSR count). The molecule has 2 atom stereocenters. The molecule has 2 unspecified atom stereocenters. The lowest BCUT2D eigenvalue weighted by Crippen LogP contribution is -2.64. The van der Waals surface area contributed by atoms with Gasteiger partial charge < -0.3 is 10.6 Å². The van der Waals surface area contributed by atoms with Crippen LogP contribution in [-0.4, -0.2) is 24.5 Å². The van der Waals surface area contributed by atoms with Gasteiger partial charge in [0.25, 0.3) is 0 Å². The van der Waals surface area contributed by atoms with Crippen LogP contribution in [0.3, 0.4) is 0 Å². The van der Waals surface area contributed by atoms with Crippen molar-refractivity contribution in [1.29, 1.82) is 0 Å². The van der Waals surface area contributed by atoms with Gasteiger partial charge in [-0.05, 0) is 55.3 Å². The molecule has 0 aromatic carbocycles. The van der Waals surface area contributed by atoms with Gasteiger partial charge in [-0.1, -0.05) is 13.8 Å². The lowest BCUT2D eigenvalue weighted by molar-refractivity contribution is -0.121. The van der Waals surface area contributed by atoms with Crippen molar-refractivity contribution >= 4 is 5.91 Å². The van der Waals surface area contributed by atoms with E-state index in [0.29, 0.717) is 16.4 Å². The van der Waals surface area contributed by atoms with Crippen LogP contribution in [0.2, 0.25) is 0 Å². The molecule has 4 saturated carbocycles. The minimum absolute atomic E-state index is 0.0752. The number of rotatable bonds is 4. The van der Waals surface area contributed by atoms with E-state index in [4.69, 9.17) is 0 Å². The van der Waals surface area contributed by atoms with Crippen molar-refractivity contribution in [2.45, 2.75) is 64.8 Å². The predicted molar refractivity (Wildman–Crippen MR) is 76.8 cm³/mol. The molecule has 3 nitrogen and oxygen atoms in total. The summed E-state index contributed by atoms with van der Waals surface area (Å²) in [5, 5.41) is 6.71. The molecule has 1 amide bonds. The van der Waals surface area contributed by atoms with Gasteiger partial charge in [0, 0.05) is 25.6 Å². The molecular formula is C16H28N2O. The highest BCUT2D eigenvalue weighted by Gasteiger charge is 2.59. The molecular weight excluding hydrogens is 236 g/mol. The van der Waals surface area contributed by atoms with Crippen molar-refractivity contribution < 1.29 is 4.79 Å². The lowest BCUT2D eigenvalue weighted by Gasteiger charge is -2.65. The normalized spacial score (nSPS) is 47.4. The van der Waals surface area contributed by atoms with Gasteiger partial charge in [0.05, 0.1) is 0 Å². The van der Waals surface area contributed by atoms with Crippen molar-refractivity contribution in [3.8, 4) is 0 Å². The van der Waals surface area contributed by atoms with E-state index in [1.54, 1.807) is 6.92 Å². The van der Waals surface area contributed by atoms with Crippen LogP contribution in [-0.2, 0) is 4.79 Å². The van der Waals surface area contributed by atoms with E-state index in [0.717, 1.165) is 19.0 Å². The van der Waals surface area contributed by atoms with E-state index in [1.165, 1.54) is 38.5 Å². The Balaban J connectivity index is 1.65. The summed E-state index contributed by atoms with van der Waals surface area (Å²) < 4.78 is 0. The smallest absolute Gasteiger partial charge is 0.216 e. The van der Waals surface area contributed by atoms with Crippen molar-refractivity contribution in [2.75, 3.05) is 13.1 Å². The molecule has 4 bridgehead atoms. The summed E-state index contributed by atoms with van der Waals surface area (Å²) in [6.45, 7) is 8.26. The zero-order valence-electron chi connectivity index (χ0n) is 12.6. The minimum atomic E-state index is 0.0752. The first-order valence-electron chi connectivity index (χ1n) is 7.82. The third kappa shape index (κ3) is 2.54. The standard InChI is InChI=1S/C16H28N2O/c1-12(19)17-4-5-18-16-8-13-6-14(2,10-16)9-15(3,7-13)11-16/h13,18H,4-11H2,1-3H3,(H,17,19). The fourth-order valence-corrected chi connectivity index (χ4v) is 6.21. The summed E-state index contributed by atoms with van der Waals surface area (Å²) in [4.78, 5) is 10.9. The zero-order valence-corrected chi connectivity index (χ0v) is 12.6. The van der Waals surface area contributed by atoms with Crippen molar-refractivity contribution in [2.24, 2.45) is 16.7 Å². The summed E-state index contributed by atoms with van der Waals surface area (Å²) in [6.07, 6.45) is 8.34. The Morgan fingerprint density at radius 1 is 1.05 bits per heavy atom. The van der Waals surface area contributed by atoms with E-state index in [2.05, 4.69) is 24.5 Å². The monoisotopic (exact) mass is 264 g/mol. The predicted octanol–water partition coefficient (Wildman–Crippen LogP) is 2.46. The first-order valence-corrected chi connectivity index (χ1v) is 7.82. The van der Waals surface area contributed by atoms with Gasteiger partial charge in [-0.3, -0.25) is 4.79 Å². The van der Waals surface area contributed by atoms with E-state index in [1.807, 2.05) is 0 Å². The van der Waals surface area contributed by atoms with Gasteiger partial charge in [-0.15, -0.1) is 0 Å². The molecule has 4 aliphatic rings. The summed E-state index contributed by atoms with van der Waals surface area (Å²) in [5.41, 5.74) is 1.49. The Bertz CT molecular complexity index is 374. The lowest BCUT2D eigenvalue weighted by atomic mass is 9.43. The van der Waals surface area contributed by atoms with Gasteiger partial charge >= 0.3 is 0 Å². The maximum absolute atomic E-state index is 10.9. The second-order valence-electron chi connectivity index (χ2n) is 8.32. The molecule has 0 aromatic rings. The topological polar surface area (TPSA) is 41.1 Å². The molecule has 4 fully saturated rings. The van der Waals surface area contributed by atoms with Crippen LogP contribution in [0.5, 0.6) is 0 Å². The number of amides is 1. The summed E-state index contributed by atoms with van der Waals surface area (Å²) in [5.74, 6) is 1.01. The molecule has 0 aliphatic heterocycles. The van der Waals surface area contributed by atoms with E-state index < -0.39 is 0 Å². The maximum Gasteiger partial charge on any atom is 0.216 e.